The molecule has 1 amide bonds. The molecule has 2 aliphatic rings. The summed E-state index contributed by atoms with van der Waals surface area (Å²) in [4.78, 5) is 20.5. The van der Waals surface area contributed by atoms with Crippen LogP contribution in [0.1, 0.15) is 30.1 Å². The second-order valence-corrected chi connectivity index (χ2v) is 5.95. The SMILES string of the molecule is CC1CN2CCCC2CN1C(=O)c1cc(F)cnc1Cl. The van der Waals surface area contributed by atoms with Gasteiger partial charge in [-0.15, -0.1) is 0 Å². The van der Waals surface area contributed by atoms with Crippen LogP contribution in [0.25, 0.3) is 0 Å². The summed E-state index contributed by atoms with van der Waals surface area (Å²) in [6, 6.07) is 1.71. The van der Waals surface area contributed by atoms with Crippen LogP contribution in [-0.4, -0.2) is 52.4 Å². The molecular weight excluding hydrogens is 281 g/mol. The number of carbonyl (C=O) groups excluding carboxylic acids is 1. The van der Waals surface area contributed by atoms with E-state index in [1.807, 2.05) is 6.92 Å². The zero-order valence-electron chi connectivity index (χ0n) is 11.4. The van der Waals surface area contributed by atoms with Gasteiger partial charge in [-0.3, -0.25) is 9.69 Å². The summed E-state index contributed by atoms with van der Waals surface area (Å²) >= 11 is 5.93. The van der Waals surface area contributed by atoms with Crippen molar-refractivity contribution in [2.24, 2.45) is 0 Å². The number of carbonyl (C=O) groups is 1. The number of pyridine rings is 1. The lowest BCUT2D eigenvalue weighted by atomic mass is 10.1. The summed E-state index contributed by atoms with van der Waals surface area (Å²) in [5.41, 5.74) is 0.157. The standard InChI is InChI=1S/C14H17ClFN3O/c1-9-7-18-4-2-3-11(18)8-19(9)14(20)12-5-10(16)6-17-13(12)15/h5-6,9,11H,2-4,7-8H2,1H3. The minimum absolute atomic E-state index is 0.0671. The molecule has 2 saturated heterocycles. The molecule has 0 aromatic carbocycles. The van der Waals surface area contributed by atoms with Crippen molar-refractivity contribution in [2.75, 3.05) is 19.6 Å². The fourth-order valence-corrected chi connectivity index (χ4v) is 3.38. The van der Waals surface area contributed by atoms with E-state index in [1.165, 1.54) is 12.5 Å². The van der Waals surface area contributed by atoms with Gasteiger partial charge in [0.15, 0.2) is 0 Å². The van der Waals surface area contributed by atoms with Gasteiger partial charge >= 0.3 is 0 Å². The first-order valence-corrected chi connectivity index (χ1v) is 7.30. The Balaban J connectivity index is 1.84. The maximum Gasteiger partial charge on any atom is 0.257 e. The summed E-state index contributed by atoms with van der Waals surface area (Å²) in [7, 11) is 0. The van der Waals surface area contributed by atoms with Crippen LogP contribution in [0.5, 0.6) is 0 Å². The van der Waals surface area contributed by atoms with Crippen LogP contribution in [0, 0.1) is 5.82 Å². The van der Waals surface area contributed by atoms with E-state index in [4.69, 9.17) is 11.6 Å². The lowest BCUT2D eigenvalue weighted by molar-refractivity contribution is 0.0395. The molecule has 0 bridgehead atoms. The fraction of sp³-hybridized carbons (Fsp3) is 0.571. The molecule has 2 aliphatic heterocycles. The van der Waals surface area contributed by atoms with Gasteiger partial charge in [-0.2, -0.15) is 0 Å². The number of amides is 1. The average molecular weight is 298 g/mol. The third kappa shape index (κ3) is 2.40. The Bertz CT molecular complexity index is 539. The van der Waals surface area contributed by atoms with Gasteiger partial charge in [-0.25, -0.2) is 9.37 Å². The Morgan fingerprint density at radius 1 is 1.50 bits per heavy atom. The van der Waals surface area contributed by atoms with Crippen LogP contribution in [0.3, 0.4) is 0 Å². The molecule has 1 aromatic heterocycles. The van der Waals surface area contributed by atoms with Gasteiger partial charge in [0.05, 0.1) is 11.8 Å². The largest absolute Gasteiger partial charge is 0.333 e. The van der Waals surface area contributed by atoms with E-state index < -0.39 is 5.82 Å². The highest BCUT2D eigenvalue weighted by Gasteiger charge is 2.37. The Morgan fingerprint density at radius 3 is 3.10 bits per heavy atom. The molecule has 0 N–H and O–H groups in total. The number of nitrogens with zero attached hydrogens (tertiary/aromatic N) is 3. The molecule has 6 heteroatoms. The van der Waals surface area contributed by atoms with Crippen molar-refractivity contribution in [3.05, 3.63) is 28.8 Å². The molecule has 2 unspecified atom stereocenters. The molecular formula is C14H17ClFN3O. The molecule has 1 aromatic rings. The fourth-order valence-electron chi connectivity index (χ4n) is 3.20. The zero-order valence-corrected chi connectivity index (χ0v) is 12.1. The van der Waals surface area contributed by atoms with Crippen LogP contribution in [0.4, 0.5) is 4.39 Å². The van der Waals surface area contributed by atoms with Gasteiger partial charge < -0.3 is 4.90 Å². The molecule has 4 nitrogen and oxygen atoms in total. The molecule has 108 valence electrons. The van der Waals surface area contributed by atoms with Crippen molar-refractivity contribution in [2.45, 2.75) is 31.8 Å². The van der Waals surface area contributed by atoms with Crippen LogP contribution in [0.2, 0.25) is 5.15 Å². The molecule has 0 aliphatic carbocycles. The monoisotopic (exact) mass is 297 g/mol. The molecule has 0 saturated carbocycles. The molecule has 3 rings (SSSR count). The van der Waals surface area contributed by atoms with Crippen LogP contribution in [0.15, 0.2) is 12.3 Å². The lowest BCUT2D eigenvalue weighted by Crippen LogP contribution is -2.56. The second-order valence-electron chi connectivity index (χ2n) is 5.59. The van der Waals surface area contributed by atoms with E-state index in [-0.39, 0.29) is 22.7 Å². The Hall–Kier alpha value is -1.20. The first-order valence-electron chi connectivity index (χ1n) is 6.92. The number of fused-ring (bicyclic) bond motifs is 1. The van der Waals surface area contributed by atoms with Crippen molar-refractivity contribution in [3.8, 4) is 0 Å². The Labute approximate surface area is 122 Å². The van der Waals surface area contributed by atoms with Crippen LogP contribution < -0.4 is 0 Å². The number of hydrogen-bond acceptors (Lipinski definition) is 3. The van der Waals surface area contributed by atoms with E-state index in [1.54, 1.807) is 4.90 Å². The second kappa shape index (κ2) is 5.30. The summed E-state index contributed by atoms with van der Waals surface area (Å²) in [5.74, 6) is -0.758. The first kappa shape index (κ1) is 13.8. The molecule has 2 fully saturated rings. The maximum absolute atomic E-state index is 13.3. The quantitative estimate of drug-likeness (QED) is 0.746. The van der Waals surface area contributed by atoms with Gasteiger partial charge in [-0.05, 0) is 32.4 Å². The van der Waals surface area contributed by atoms with E-state index in [9.17, 15) is 9.18 Å². The van der Waals surface area contributed by atoms with Crippen LogP contribution in [-0.2, 0) is 0 Å². The minimum Gasteiger partial charge on any atom is -0.333 e. The van der Waals surface area contributed by atoms with E-state index in [0.717, 1.165) is 25.7 Å². The maximum atomic E-state index is 13.3. The number of hydrogen-bond donors (Lipinski definition) is 0. The predicted octanol–water partition coefficient (Wildman–Crippen LogP) is 2.18. The smallest absolute Gasteiger partial charge is 0.257 e. The molecule has 20 heavy (non-hydrogen) atoms. The summed E-state index contributed by atoms with van der Waals surface area (Å²) in [6.45, 7) is 4.69. The normalized spacial score (nSPS) is 26.6. The van der Waals surface area contributed by atoms with Gasteiger partial charge in [-0.1, -0.05) is 11.6 Å². The van der Waals surface area contributed by atoms with Gasteiger partial charge in [0.25, 0.3) is 5.91 Å². The zero-order chi connectivity index (χ0) is 14.3. The Kier molecular flexibility index (Phi) is 3.65. The predicted molar refractivity (Wildman–Crippen MR) is 74.3 cm³/mol. The summed E-state index contributed by atoms with van der Waals surface area (Å²) in [6.07, 6.45) is 3.32. The van der Waals surface area contributed by atoms with Crippen molar-refractivity contribution in [1.29, 1.82) is 0 Å². The minimum atomic E-state index is -0.537. The third-order valence-electron chi connectivity index (χ3n) is 4.23. The van der Waals surface area contributed by atoms with E-state index in [2.05, 4.69) is 9.88 Å². The third-order valence-corrected chi connectivity index (χ3v) is 4.54. The van der Waals surface area contributed by atoms with Crippen molar-refractivity contribution in [3.63, 3.8) is 0 Å². The number of piperazine rings is 1. The highest BCUT2D eigenvalue weighted by atomic mass is 35.5. The number of halogens is 2. The summed E-state index contributed by atoms with van der Waals surface area (Å²) < 4.78 is 13.3. The molecule has 3 heterocycles. The first-order chi connectivity index (χ1) is 9.56. The van der Waals surface area contributed by atoms with E-state index >= 15 is 0 Å². The topological polar surface area (TPSA) is 36.4 Å². The van der Waals surface area contributed by atoms with Crippen LogP contribution >= 0.6 is 11.6 Å². The number of aromatic nitrogens is 1. The van der Waals surface area contributed by atoms with Crippen molar-refractivity contribution in [1.82, 2.24) is 14.8 Å². The highest BCUT2D eigenvalue weighted by Crippen LogP contribution is 2.26. The molecule has 0 radical (unpaired) electrons. The molecule has 0 spiro atoms. The molecule has 2 atom stereocenters. The van der Waals surface area contributed by atoms with Gasteiger partial charge in [0.2, 0.25) is 0 Å². The average Bonchev–Trinajstić information content (AvgIpc) is 2.87. The lowest BCUT2D eigenvalue weighted by Gasteiger charge is -2.42. The summed E-state index contributed by atoms with van der Waals surface area (Å²) in [5, 5.41) is 0.0671. The van der Waals surface area contributed by atoms with Crippen molar-refractivity contribution >= 4 is 17.5 Å². The Morgan fingerprint density at radius 2 is 2.30 bits per heavy atom. The van der Waals surface area contributed by atoms with Crippen molar-refractivity contribution < 1.29 is 9.18 Å². The van der Waals surface area contributed by atoms with E-state index in [0.29, 0.717) is 12.6 Å². The van der Waals surface area contributed by atoms with Gasteiger partial charge in [0, 0.05) is 25.2 Å². The highest BCUT2D eigenvalue weighted by molar-refractivity contribution is 6.32. The van der Waals surface area contributed by atoms with Gasteiger partial charge in [0.1, 0.15) is 11.0 Å². The number of rotatable bonds is 1.